The Morgan fingerprint density at radius 1 is 1.10 bits per heavy atom. The number of piperidine rings is 1. The number of hydrogen-bond donors (Lipinski definition) is 1. The van der Waals surface area contributed by atoms with Gasteiger partial charge in [0.2, 0.25) is 0 Å². The summed E-state index contributed by atoms with van der Waals surface area (Å²) in [6.45, 7) is 7.04. The summed E-state index contributed by atoms with van der Waals surface area (Å²) in [6, 6.07) is 9.71. The summed E-state index contributed by atoms with van der Waals surface area (Å²) in [4.78, 5) is 27.9. The third-order valence-corrected chi connectivity index (χ3v) is 6.21. The molecule has 2 saturated heterocycles. The molecule has 0 radical (unpaired) electrons. The second-order valence-electron chi connectivity index (χ2n) is 8.52. The molecule has 0 aliphatic carbocycles. The molecule has 0 spiro atoms. The van der Waals surface area contributed by atoms with Gasteiger partial charge in [-0.05, 0) is 70.5 Å². The van der Waals surface area contributed by atoms with Crippen LogP contribution in [-0.2, 0) is 0 Å². The standard InChI is InChI=1S/C24H34N6O/c1-19(2)28-15-9-21(10-16-28)29-13-4-14-30(18-17-29)23-6-3-5-22(27-23)24(31)26-20-7-11-25-12-8-20/h3,5-8,11-12,19,21H,4,9-10,13-18H2,1-2H3,(H,25,26,31)/i13D2. The number of carbonyl (C=O) groups is 1. The van der Waals surface area contributed by atoms with Crippen molar-refractivity contribution in [1.82, 2.24) is 19.8 Å². The fourth-order valence-electron chi connectivity index (χ4n) is 4.36. The lowest BCUT2D eigenvalue weighted by molar-refractivity contribution is 0.0965. The van der Waals surface area contributed by atoms with Gasteiger partial charge in [-0.25, -0.2) is 4.98 Å². The van der Waals surface area contributed by atoms with Crippen LogP contribution in [0, 0.1) is 0 Å². The zero-order valence-corrected chi connectivity index (χ0v) is 18.5. The minimum Gasteiger partial charge on any atom is -0.355 e. The van der Waals surface area contributed by atoms with Crippen molar-refractivity contribution in [3.05, 3.63) is 48.4 Å². The van der Waals surface area contributed by atoms with E-state index in [2.05, 4.69) is 43.8 Å². The zero-order chi connectivity index (χ0) is 23.4. The van der Waals surface area contributed by atoms with Gasteiger partial charge in [-0.1, -0.05) is 6.07 Å². The van der Waals surface area contributed by atoms with E-state index in [0.29, 0.717) is 49.3 Å². The van der Waals surface area contributed by atoms with Crippen LogP contribution in [0.4, 0.5) is 11.5 Å². The number of nitrogens with zero attached hydrogens (tertiary/aromatic N) is 5. The van der Waals surface area contributed by atoms with Crippen LogP contribution in [0.1, 0.15) is 46.3 Å². The average molecular weight is 425 g/mol. The lowest BCUT2D eigenvalue weighted by atomic mass is 10.0. The molecule has 0 aromatic carbocycles. The van der Waals surface area contributed by atoms with Crippen LogP contribution in [0.15, 0.2) is 42.7 Å². The summed E-state index contributed by atoms with van der Waals surface area (Å²) in [6.07, 6.45) is 5.67. The normalized spacial score (nSPS) is 22.0. The Balaban J connectivity index is 1.42. The van der Waals surface area contributed by atoms with Crippen LogP contribution in [0.2, 0.25) is 0 Å². The molecular weight excluding hydrogens is 388 g/mol. The highest BCUT2D eigenvalue weighted by molar-refractivity contribution is 6.03. The molecule has 4 heterocycles. The number of likely N-dealkylation sites (tertiary alicyclic amines) is 1. The number of anilines is 2. The van der Waals surface area contributed by atoms with Crippen LogP contribution in [0.3, 0.4) is 0 Å². The summed E-state index contributed by atoms with van der Waals surface area (Å²) in [5.74, 6) is 0.441. The largest absolute Gasteiger partial charge is 0.355 e. The van der Waals surface area contributed by atoms with E-state index in [1.807, 2.05) is 12.1 Å². The van der Waals surface area contributed by atoms with Crippen molar-refractivity contribution >= 4 is 17.4 Å². The van der Waals surface area contributed by atoms with Crippen molar-refractivity contribution in [2.24, 2.45) is 0 Å². The highest BCUT2D eigenvalue weighted by Crippen LogP contribution is 2.21. The third kappa shape index (κ3) is 5.60. The highest BCUT2D eigenvalue weighted by Gasteiger charge is 2.27. The minimum atomic E-state index is -1.35. The molecule has 0 atom stereocenters. The Morgan fingerprint density at radius 2 is 1.87 bits per heavy atom. The molecule has 2 fully saturated rings. The van der Waals surface area contributed by atoms with Crippen molar-refractivity contribution in [1.29, 1.82) is 0 Å². The molecule has 1 N–H and O–H groups in total. The molecule has 7 heteroatoms. The number of rotatable bonds is 5. The molecule has 0 unspecified atom stereocenters. The van der Waals surface area contributed by atoms with Gasteiger partial charge in [-0.15, -0.1) is 0 Å². The van der Waals surface area contributed by atoms with Crippen molar-refractivity contribution in [3.63, 3.8) is 0 Å². The molecule has 7 nitrogen and oxygen atoms in total. The number of pyridine rings is 2. The summed E-state index contributed by atoms with van der Waals surface area (Å²) in [7, 11) is 0. The third-order valence-electron chi connectivity index (χ3n) is 6.21. The van der Waals surface area contributed by atoms with Gasteiger partial charge in [-0.3, -0.25) is 14.7 Å². The summed E-state index contributed by atoms with van der Waals surface area (Å²) >= 11 is 0. The lowest BCUT2D eigenvalue weighted by Gasteiger charge is -2.39. The van der Waals surface area contributed by atoms with Crippen LogP contribution in [0.25, 0.3) is 0 Å². The molecule has 2 aromatic heterocycles. The van der Waals surface area contributed by atoms with Gasteiger partial charge in [0.1, 0.15) is 11.5 Å². The maximum Gasteiger partial charge on any atom is 0.274 e. The second-order valence-corrected chi connectivity index (χ2v) is 8.52. The van der Waals surface area contributed by atoms with E-state index in [1.54, 1.807) is 30.6 Å². The van der Waals surface area contributed by atoms with Gasteiger partial charge in [0, 0.05) is 59.0 Å². The Labute approximate surface area is 188 Å². The van der Waals surface area contributed by atoms with E-state index in [-0.39, 0.29) is 11.9 Å². The first-order chi connectivity index (χ1) is 15.8. The van der Waals surface area contributed by atoms with Gasteiger partial charge in [0.15, 0.2) is 0 Å². The van der Waals surface area contributed by atoms with Crippen molar-refractivity contribution < 1.29 is 7.54 Å². The van der Waals surface area contributed by atoms with E-state index in [0.717, 1.165) is 25.9 Å². The molecule has 4 rings (SSSR count). The first kappa shape index (κ1) is 19.2. The highest BCUT2D eigenvalue weighted by atomic mass is 16.1. The molecule has 0 saturated carbocycles. The fourth-order valence-corrected chi connectivity index (χ4v) is 4.36. The van der Waals surface area contributed by atoms with E-state index in [4.69, 9.17) is 2.74 Å². The quantitative estimate of drug-likeness (QED) is 0.796. The van der Waals surface area contributed by atoms with E-state index in [9.17, 15) is 4.79 Å². The topological polar surface area (TPSA) is 64.6 Å². The summed E-state index contributed by atoms with van der Waals surface area (Å²) < 4.78 is 17.5. The number of nitrogens with one attached hydrogen (secondary N) is 1. The van der Waals surface area contributed by atoms with Gasteiger partial charge < -0.3 is 15.1 Å². The van der Waals surface area contributed by atoms with Gasteiger partial charge in [-0.2, -0.15) is 0 Å². The summed E-state index contributed by atoms with van der Waals surface area (Å²) in [5.41, 5.74) is 1.01. The van der Waals surface area contributed by atoms with Gasteiger partial charge in [0.25, 0.3) is 5.91 Å². The maximum atomic E-state index is 12.7. The molecule has 2 aliphatic heterocycles. The Morgan fingerprint density at radius 3 is 2.61 bits per heavy atom. The van der Waals surface area contributed by atoms with Gasteiger partial charge >= 0.3 is 0 Å². The van der Waals surface area contributed by atoms with Crippen LogP contribution in [-0.4, -0.2) is 77.0 Å². The van der Waals surface area contributed by atoms with Crippen molar-refractivity contribution in [2.45, 2.75) is 45.2 Å². The number of aromatic nitrogens is 2. The second kappa shape index (κ2) is 10.2. The predicted octanol–water partition coefficient (Wildman–Crippen LogP) is 3.11. The number of hydrogen-bond acceptors (Lipinski definition) is 6. The molecule has 2 aliphatic rings. The fraction of sp³-hybridized carbons (Fsp3) is 0.542. The Hall–Kier alpha value is -2.51. The molecule has 2 aromatic rings. The first-order valence-corrected chi connectivity index (χ1v) is 11.3. The molecular formula is C24H34N6O. The Bertz CT molecular complexity index is 934. The Kier molecular flexibility index (Phi) is 6.32. The first-order valence-electron chi connectivity index (χ1n) is 12.3. The summed E-state index contributed by atoms with van der Waals surface area (Å²) in [5, 5.41) is 2.84. The molecule has 0 bridgehead atoms. The van der Waals surface area contributed by atoms with Crippen LogP contribution >= 0.6 is 0 Å². The molecule has 31 heavy (non-hydrogen) atoms. The van der Waals surface area contributed by atoms with E-state index >= 15 is 0 Å². The average Bonchev–Trinajstić information content (AvgIpc) is 2.97. The van der Waals surface area contributed by atoms with Gasteiger partial charge in [0.05, 0.1) is 0 Å². The van der Waals surface area contributed by atoms with Crippen molar-refractivity contribution in [2.75, 3.05) is 49.4 Å². The van der Waals surface area contributed by atoms with E-state index in [1.165, 1.54) is 0 Å². The number of carbonyl (C=O) groups excluding carboxylic acids is 1. The SMILES string of the molecule is [2H]C1([2H])CCN(c2cccc(C(=O)Nc3ccncc3)n2)CCN1C1CCN(C(C)C)CC1. The van der Waals surface area contributed by atoms with Crippen LogP contribution in [0.5, 0.6) is 0 Å². The minimum absolute atomic E-state index is 0.264. The lowest BCUT2D eigenvalue weighted by Crippen LogP contribution is -2.47. The predicted molar refractivity (Wildman–Crippen MR) is 125 cm³/mol. The monoisotopic (exact) mass is 424 g/mol. The smallest absolute Gasteiger partial charge is 0.274 e. The molecule has 166 valence electrons. The maximum absolute atomic E-state index is 12.7. The zero-order valence-electron chi connectivity index (χ0n) is 20.5. The van der Waals surface area contributed by atoms with Crippen LogP contribution < -0.4 is 10.2 Å². The van der Waals surface area contributed by atoms with Crippen molar-refractivity contribution in [3.8, 4) is 0 Å². The van der Waals surface area contributed by atoms with E-state index < -0.39 is 6.50 Å². The molecule has 1 amide bonds. The number of amides is 1.